The Morgan fingerprint density at radius 2 is 1.71 bits per heavy atom. The summed E-state index contributed by atoms with van der Waals surface area (Å²) in [6.07, 6.45) is 1.57. The van der Waals surface area contributed by atoms with Crippen molar-refractivity contribution < 1.29 is 19.7 Å². The molecule has 1 amide bonds. The topological polar surface area (TPSA) is 109 Å². The van der Waals surface area contributed by atoms with E-state index in [2.05, 4.69) is 10.2 Å². The van der Waals surface area contributed by atoms with E-state index in [4.69, 9.17) is 9.47 Å². The highest BCUT2D eigenvalue weighted by Gasteiger charge is 2.31. The van der Waals surface area contributed by atoms with Crippen molar-refractivity contribution in [2.75, 3.05) is 33.9 Å². The number of amides is 1. The first-order valence-corrected chi connectivity index (χ1v) is 11.9. The summed E-state index contributed by atoms with van der Waals surface area (Å²) < 4.78 is 14.8. The van der Waals surface area contributed by atoms with Gasteiger partial charge in [0.25, 0.3) is 5.91 Å². The van der Waals surface area contributed by atoms with E-state index in [1.165, 1.54) is 0 Å². The number of aromatic nitrogens is 2. The van der Waals surface area contributed by atoms with Crippen molar-refractivity contribution in [3.8, 4) is 5.75 Å². The third-order valence-electron chi connectivity index (χ3n) is 6.71. The molecule has 2 heterocycles. The number of carbonyl (C=O) groups excluding carboxylic acids is 1. The number of hydrogen-bond donors (Lipinski definition) is 1. The maximum Gasteiger partial charge on any atom is 0.329 e. The number of nitrogens with zero attached hydrogens (tertiary/aromatic N) is 3. The summed E-state index contributed by atoms with van der Waals surface area (Å²) in [5.41, 5.74) is 2.55. The van der Waals surface area contributed by atoms with Crippen molar-refractivity contribution in [2.45, 2.75) is 45.0 Å². The quantitative estimate of drug-likeness (QED) is 0.499. The molecule has 2 unspecified atom stereocenters. The summed E-state index contributed by atoms with van der Waals surface area (Å²) >= 11 is 0. The molecule has 1 aliphatic heterocycles. The van der Waals surface area contributed by atoms with E-state index in [1.807, 2.05) is 52.5 Å². The third-order valence-corrected chi connectivity index (χ3v) is 6.71. The molecule has 3 N–H and O–H groups in total. The lowest BCUT2D eigenvalue weighted by atomic mass is 10.0. The number of para-hydroxylation sites is 3. The molecule has 9 heteroatoms. The zero-order valence-electron chi connectivity index (χ0n) is 20.7. The highest BCUT2D eigenvalue weighted by Crippen LogP contribution is 2.20. The fraction of sp³-hybridized carbons (Fsp3) is 0.462. The van der Waals surface area contributed by atoms with E-state index in [0.717, 1.165) is 43.5 Å². The Morgan fingerprint density at radius 1 is 1.03 bits per heavy atom. The van der Waals surface area contributed by atoms with Crippen LogP contribution in [-0.4, -0.2) is 71.4 Å². The van der Waals surface area contributed by atoms with Crippen LogP contribution in [0.25, 0.3) is 11.0 Å². The van der Waals surface area contributed by atoms with Gasteiger partial charge < -0.3 is 25.2 Å². The number of fused-ring (bicyclic) bond motifs is 1. The summed E-state index contributed by atoms with van der Waals surface area (Å²) in [6.45, 7) is 5.80. The van der Waals surface area contributed by atoms with E-state index in [-0.39, 0.29) is 29.2 Å². The Hall–Kier alpha value is -3.14. The number of likely N-dealkylation sites (tertiary alicyclic amines) is 1. The predicted octanol–water partition coefficient (Wildman–Crippen LogP) is 1.92. The summed E-state index contributed by atoms with van der Waals surface area (Å²) in [5, 5.41) is 3.13. The van der Waals surface area contributed by atoms with Crippen LogP contribution in [0.2, 0.25) is 0 Å². The van der Waals surface area contributed by atoms with E-state index in [0.29, 0.717) is 24.4 Å². The molecule has 190 valence electrons. The molecule has 2 atom stereocenters. The van der Waals surface area contributed by atoms with Crippen LogP contribution in [0.15, 0.2) is 53.3 Å². The SMILES string of the molecule is CCn1c(=O)n(CCCN2CCC(NC(=O)c3ccccc3OC)C(OC)C2)c2ccccc21.O. The molecule has 0 saturated carbocycles. The summed E-state index contributed by atoms with van der Waals surface area (Å²) in [7, 11) is 3.26. The molecule has 1 aromatic heterocycles. The van der Waals surface area contributed by atoms with Crippen LogP contribution >= 0.6 is 0 Å². The molecule has 3 aromatic rings. The highest BCUT2D eigenvalue weighted by molar-refractivity contribution is 5.97. The number of nitrogens with one attached hydrogen (secondary N) is 1. The summed E-state index contributed by atoms with van der Waals surface area (Å²) in [4.78, 5) is 28.0. The van der Waals surface area contributed by atoms with Crippen LogP contribution < -0.4 is 15.7 Å². The van der Waals surface area contributed by atoms with Gasteiger partial charge in [0.05, 0.1) is 35.9 Å². The molecule has 4 rings (SSSR count). The van der Waals surface area contributed by atoms with Gasteiger partial charge in [0, 0.05) is 33.3 Å². The Labute approximate surface area is 205 Å². The molecule has 0 radical (unpaired) electrons. The number of benzene rings is 2. The van der Waals surface area contributed by atoms with Gasteiger partial charge in [0.2, 0.25) is 0 Å². The van der Waals surface area contributed by atoms with E-state index >= 15 is 0 Å². The zero-order chi connectivity index (χ0) is 24.1. The van der Waals surface area contributed by atoms with Crippen LogP contribution in [0.4, 0.5) is 0 Å². The number of hydrogen-bond acceptors (Lipinski definition) is 5. The van der Waals surface area contributed by atoms with Gasteiger partial charge in [-0.25, -0.2) is 4.79 Å². The van der Waals surface area contributed by atoms with Gasteiger partial charge in [-0.15, -0.1) is 0 Å². The largest absolute Gasteiger partial charge is 0.496 e. The molecule has 0 aliphatic carbocycles. The normalized spacial score (nSPS) is 18.3. The van der Waals surface area contributed by atoms with Crippen LogP contribution in [0.1, 0.15) is 30.1 Å². The minimum Gasteiger partial charge on any atom is -0.496 e. The smallest absolute Gasteiger partial charge is 0.329 e. The summed E-state index contributed by atoms with van der Waals surface area (Å²) in [6, 6.07) is 15.1. The van der Waals surface area contributed by atoms with Crippen LogP contribution in [0.5, 0.6) is 5.75 Å². The van der Waals surface area contributed by atoms with Gasteiger partial charge in [0.15, 0.2) is 0 Å². The molecule has 1 saturated heterocycles. The molecule has 9 nitrogen and oxygen atoms in total. The lowest BCUT2D eigenvalue weighted by Crippen LogP contribution is -2.55. The monoisotopic (exact) mass is 484 g/mol. The average molecular weight is 485 g/mol. The molecule has 0 bridgehead atoms. The van der Waals surface area contributed by atoms with Gasteiger partial charge in [-0.2, -0.15) is 0 Å². The molecule has 35 heavy (non-hydrogen) atoms. The molecular weight excluding hydrogens is 448 g/mol. The second kappa shape index (κ2) is 12.0. The zero-order valence-corrected chi connectivity index (χ0v) is 20.7. The minimum atomic E-state index is -0.148. The van der Waals surface area contributed by atoms with Crippen molar-refractivity contribution in [1.82, 2.24) is 19.4 Å². The molecule has 2 aromatic carbocycles. The first-order valence-electron chi connectivity index (χ1n) is 11.9. The Balaban J connectivity index is 0.00000342. The van der Waals surface area contributed by atoms with Crippen molar-refractivity contribution in [3.63, 3.8) is 0 Å². The minimum absolute atomic E-state index is 0. The van der Waals surface area contributed by atoms with Gasteiger partial charge in [-0.3, -0.25) is 13.9 Å². The van der Waals surface area contributed by atoms with Crippen molar-refractivity contribution in [3.05, 3.63) is 64.6 Å². The van der Waals surface area contributed by atoms with E-state index < -0.39 is 0 Å². The number of rotatable bonds is 9. The van der Waals surface area contributed by atoms with Gasteiger partial charge in [0.1, 0.15) is 5.75 Å². The fourth-order valence-corrected chi connectivity index (χ4v) is 4.91. The average Bonchev–Trinajstić information content (AvgIpc) is 3.15. The van der Waals surface area contributed by atoms with E-state index in [9.17, 15) is 9.59 Å². The number of ether oxygens (including phenoxy) is 2. The standard InChI is InChI=1S/C26H34N4O4.H2O/c1-4-29-21-11-6-7-12-22(21)30(26(29)32)16-9-15-28-17-14-20(24(18-28)34-3)27-25(31)19-10-5-8-13-23(19)33-2;/h5-8,10-13,20,24H,4,9,14-18H2,1-3H3,(H,27,31);1H2. The Kier molecular flexibility index (Phi) is 9.08. The van der Waals surface area contributed by atoms with Gasteiger partial charge >= 0.3 is 5.69 Å². The first-order chi connectivity index (χ1) is 16.6. The van der Waals surface area contributed by atoms with Crippen LogP contribution in [0.3, 0.4) is 0 Å². The maximum atomic E-state index is 12.9. The van der Waals surface area contributed by atoms with E-state index in [1.54, 1.807) is 26.4 Å². The number of methoxy groups -OCH3 is 2. The van der Waals surface area contributed by atoms with Crippen LogP contribution in [0, 0.1) is 0 Å². The molecule has 1 fully saturated rings. The third kappa shape index (κ3) is 5.58. The number of piperidine rings is 1. The molecular formula is C26H36N4O5. The predicted molar refractivity (Wildman–Crippen MR) is 136 cm³/mol. The molecule has 0 spiro atoms. The van der Waals surface area contributed by atoms with Crippen molar-refractivity contribution >= 4 is 16.9 Å². The summed E-state index contributed by atoms with van der Waals surface area (Å²) in [5.74, 6) is 0.413. The molecule has 1 aliphatic rings. The number of aryl methyl sites for hydroxylation is 2. The van der Waals surface area contributed by atoms with Crippen molar-refractivity contribution in [1.29, 1.82) is 0 Å². The second-order valence-electron chi connectivity index (χ2n) is 8.66. The van der Waals surface area contributed by atoms with Gasteiger partial charge in [-0.1, -0.05) is 24.3 Å². The number of carbonyl (C=O) groups is 1. The first kappa shape index (κ1) is 26.5. The second-order valence-corrected chi connectivity index (χ2v) is 8.66. The van der Waals surface area contributed by atoms with Crippen molar-refractivity contribution in [2.24, 2.45) is 0 Å². The lowest BCUT2D eigenvalue weighted by Gasteiger charge is -2.38. The maximum absolute atomic E-state index is 12.9. The Bertz CT molecular complexity index is 1190. The van der Waals surface area contributed by atoms with Gasteiger partial charge in [-0.05, 0) is 50.6 Å². The highest BCUT2D eigenvalue weighted by atomic mass is 16.5. The fourth-order valence-electron chi connectivity index (χ4n) is 4.91. The van der Waals surface area contributed by atoms with Crippen LogP contribution in [-0.2, 0) is 17.8 Å². The Morgan fingerprint density at radius 3 is 2.40 bits per heavy atom. The number of imidazole rings is 1. The lowest BCUT2D eigenvalue weighted by molar-refractivity contribution is 0.00585.